The van der Waals surface area contributed by atoms with E-state index in [0.29, 0.717) is 17.4 Å². The van der Waals surface area contributed by atoms with Crippen molar-refractivity contribution in [1.82, 2.24) is 0 Å². The number of carboxylic acid groups (broad SMARTS) is 1. The summed E-state index contributed by atoms with van der Waals surface area (Å²) >= 11 is 0. The molecule has 0 fully saturated rings. The van der Waals surface area contributed by atoms with Crippen molar-refractivity contribution in [1.29, 1.82) is 0 Å². The maximum absolute atomic E-state index is 10.6. The van der Waals surface area contributed by atoms with Crippen LogP contribution in [0.2, 0.25) is 0 Å². The lowest BCUT2D eigenvalue weighted by atomic mass is 10.00. The van der Waals surface area contributed by atoms with E-state index < -0.39 is 5.97 Å². The molecule has 0 aromatic heterocycles. The van der Waals surface area contributed by atoms with Crippen LogP contribution in [0, 0.1) is 6.92 Å². The van der Waals surface area contributed by atoms with Gasteiger partial charge in [0.2, 0.25) is 0 Å². The van der Waals surface area contributed by atoms with Gasteiger partial charge in [-0.1, -0.05) is 6.07 Å². The Hall–Kier alpha value is -1.84. The number of rotatable bonds is 3. The van der Waals surface area contributed by atoms with Crippen molar-refractivity contribution in [2.24, 2.45) is 0 Å². The molecule has 1 aromatic carbocycles. The van der Waals surface area contributed by atoms with Crippen molar-refractivity contribution < 1.29 is 19.8 Å². The maximum atomic E-state index is 10.6. The SMILES string of the molecule is Cc1c(CC(=O)O)ccc(O)c1C=O. The van der Waals surface area contributed by atoms with Crippen LogP contribution >= 0.6 is 0 Å². The van der Waals surface area contributed by atoms with Gasteiger partial charge in [-0.3, -0.25) is 9.59 Å². The third-order valence-corrected chi connectivity index (χ3v) is 2.06. The topological polar surface area (TPSA) is 74.6 Å². The molecule has 1 rings (SSSR count). The first-order valence-electron chi connectivity index (χ1n) is 4.04. The Morgan fingerprint density at radius 3 is 2.64 bits per heavy atom. The van der Waals surface area contributed by atoms with Gasteiger partial charge in [-0.05, 0) is 24.1 Å². The first-order valence-corrected chi connectivity index (χ1v) is 4.04. The lowest BCUT2D eigenvalue weighted by Crippen LogP contribution is -2.03. The van der Waals surface area contributed by atoms with E-state index in [0.717, 1.165) is 0 Å². The molecule has 1 aromatic rings. The average molecular weight is 194 g/mol. The highest BCUT2D eigenvalue weighted by Crippen LogP contribution is 2.22. The maximum Gasteiger partial charge on any atom is 0.307 e. The molecule has 2 N–H and O–H groups in total. The lowest BCUT2D eigenvalue weighted by Gasteiger charge is -2.06. The highest BCUT2D eigenvalue weighted by Gasteiger charge is 2.10. The fourth-order valence-electron chi connectivity index (χ4n) is 1.26. The molecule has 0 heterocycles. The van der Waals surface area contributed by atoms with Crippen molar-refractivity contribution in [2.45, 2.75) is 13.3 Å². The molecule has 74 valence electrons. The van der Waals surface area contributed by atoms with Crippen LogP contribution in [0.5, 0.6) is 5.75 Å². The zero-order chi connectivity index (χ0) is 10.7. The molecule has 0 aliphatic heterocycles. The Morgan fingerprint density at radius 2 is 2.14 bits per heavy atom. The van der Waals surface area contributed by atoms with E-state index in [9.17, 15) is 14.7 Å². The predicted octanol–water partition coefficient (Wildman–Crippen LogP) is 1.14. The molecule has 0 atom stereocenters. The van der Waals surface area contributed by atoms with Crippen LogP contribution in [0.15, 0.2) is 12.1 Å². The van der Waals surface area contributed by atoms with E-state index in [1.165, 1.54) is 12.1 Å². The number of carbonyl (C=O) groups is 2. The second-order valence-corrected chi connectivity index (χ2v) is 2.97. The van der Waals surface area contributed by atoms with Crippen LogP contribution in [0.1, 0.15) is 21.5 Å². The third-order valence-electron chi connectivity index (χ3n) is 2.06. The summed E-state index contributed by atoms with van der Waals surface area (Å²) in [5, 5.41) is 17.8. The molecule has 14 heavy (non-hydrogen) atoms. The number of aromatic hydroxyl groups is 1. The van der Waals surface area contributed by atoms with Crippen molar-refractivity contribution in [3.05, 3.63) is 28.8 Å². The molecule has 4 heteroatoms. The number of benzene rings is 1. The largest absolute Gasteiger partial charge is 0.507 e. The third kappa shape index (κ3) is 1.90. The zero-order valence-corrected chi connectivity index (χ0v) is 7.65. The van der Waals surface area contributed by atoms with Crippen LogP contribution in [0.25, 0.3) is 0 Å². The second-order valence-electron chi connectivity index (χ2n) is 2.97. The van der Waals surface area contributed by atoms with E-state index in [-0.39, 0.29) is 17.7 Å². The minimum Gasteiger partial charge on any atom is -0.507 e. The lowest BCUT2D eigenvalue weighted by molar-refractivity contribution is -0.136. The first-order chi connectivity index (χ1) is 6.56. The average Bonchev–Trinajstić information content (AvgIpc) is 2.10. The van der Waals surface area contributed by atoms with E-state index >= 15 is 0 Å². The van der Waals surface area contributed by atoms with Gasteiger partial charge in [-0.25, -0.2) is 0 Å². The molecule has 0 spiro atoms. The summed E-state index contributed by atoms with van der Waals surface area (Å²) in [7, 11) is 0. The standard InChI is InChI=1S/C10H10O4/c1-6-7(4-10(13)14)2-3-9(12)8(6)5-11/h2-3,5,12H,4H2,1H3,(H,13,14). The number of carboxylic acids is 1. The molecule has 0 aliphatic carbocycles. The Morgan fingerprint density at radius 1 is 1.50 bits per heavy atom. The van der Waals surface area contributed by atoms with Crippen molar-refractivity contribution in [3.63, 3.8) is 0 Å². The Labute approximate surface area is 80.8 Å². The summed E-state index contributed by atoms with van der Waals surface area (Å²) in [6.07, 6.45) is 0.378. The van der Waals surface area contributed by atoms with Crippen molar-refractivity contribution in [3.8, 4) is 5.75 Å². The molecule has 0 unspecified atom stereocenters. The minimum absolute atomic E-state index is 0.119. The Kier molecular flexibility index (Phi) is 2.86. The molecule has 0 aliphatic rings. The molecule has 0 radical (unpaired) electrons. The summed E-state index contributed by atoms with van der Waals surface area (Å²) in [5.74, 6) is -1.08. The fourth-order valence-corrected chi connectivity index (χ4v) is 1.26. The summed E-state index contributed by atoms with van der Waals surface area (Å²) in [6.45, 7) is 1.61. The normalized spacial score (nSPS) is 9.79. The van der Waals surface area contributed by atoms with E-state index in [4.69, 9.17) is 5.11 Å². The number of carbonyl (C=O) groups excluding carboxylic acids is 1. The van der Waals surface area contributed by atoms with Crippen molar-refractivity contribution in [2.75, 3.05) is 0 Å². The fraction of sp³-hybridized carbons (Fsp3) is 0.200. The number of hydrogen-bond acceptors (Lipinski definition) is 3. The molecule has 0 saturated heterocycles. The first kappa shape index (κ1) is 10.2. The van der Waals surface area contributed by atoms with Gasteiger partial charge in [-0.2, -0.15) is 0 Å². The second kappa shape index (κ2) is 3.91. The molecule has 0 bridgehead atoms. The van der Waals surface area contributed by atoms with Gasteiger partial charge in [0.1, 0.15) is 5.75 Å². The Balaban J connectivity index is 3.20. The highest BCUT2D eigenvalue weighted by molar-refractivity contribution is 5.83. The molecule has 0 amide bonds. The van der Waals surface area contributed by atoms with Crippen LogP contribution in [-0.4, -0.2) is 22.5 Å². The van der Waals surface area contributed by atoms with Crippen LogP contribution < -0.4 is 0 Å². The van der Waals surface area contributed by atoms with Gasteiger partial charge in [0.25, 0.3) is 0 Å². The molecular formula is C10H10O4. The van der Waals surface area contributed by atoms with Crippen molar-refractivity contribution >= 4 is 12.3 Å². The zero-order valence-electron chi connectivity index (χ0n) is 7.65. The minimum atomic E-state index is -0.962. The highest BCUT2D eigenvalue weighted by atomic mass is 16.4. The predicted molar refractivity (Wildman–Crippen MR) is 49.6 cm³/mol. The van der Waals surface area contributed by atoms with Gasteiger partial charge in [0.05, 0.1) is 12.0 Å². The van der Waals surface area contributed by atoms with E-state index in [2.05, 4.69) is 0 Å². The quantitative estimate of drug-likeness (QED) is 0.707. The van der Waals surface area contributed by atoms with Gasteiger partial charge in [0.15, 0.2) is 6.29 Å². The van der Waals surface area contributed by atoms with E-state index in [1.807, 2.05) is 0 Å². The van der Waals surface area contributed by atoms with Gasteiger partial charge in [-0.15, -0.1) is 0 Å². The smallest absolute Gasteiger partial charge is 0.307 e. The summed E-state index contributed by atoms with van der Waals surface area (Å²) in [6, 6.07) is 2.83. The molecule has 0 saturated carbocycles. The van der Waals surface area contributed by atoms with Crippen LogP contribution in [0.4, 0.5) is 0 Å². The van der Waals surface area contributed by atoms with Gasteiger partial charge < -0.3 is 10.2 Å². The summed E-state index contributed by atoms with van der Waals surface area (Å²) in [5.41, 5.74) is 1.21. The monoisotopic (exact) mass is 194 g/mol. The number of phenols is 1. The molecule has 4 nitrogen and oxygen atoms in total. The summed E-state index contributed by atoms with van der Waals surface area (Å²) < 4.78 is 0. The number of aldehydes is 1. The van der Waals surface area contributed by atoms with Crippen LogP contribution in [-0.2, 0) is 11.2 Å². The van der Waals surface area contributed by atoms with E-state index in [1.54, 1.807) is 6.92 Å². The van der Waals surface area contributed by atoms with Gasteiger partial charge >= 0.3 is 5.97 Å². The summed E-state index contributed by atoms with van der Waals surface area (Å²) in [4.78, 5) is 21.0. The van der Waals surface area contributed by atoms with Gasteiger partial charge in [0, 0.05) is 0 Å². The van der Waals surface area contributed by atoms with Crippen LogP contribution in [0.3, 0.4) is 0 Å². The number of phenolic OH excluding ortho intramolecular Hbond substituents is 1. The number of aliphatic carboxylic acids is 1. The molecular weight excluding hydrogens is 184 g/mol. The number of hydrogen-bond donors (Lipinski definition) is 2. The Bertz CT molecular complexity index is 382.